The normalized spacial score (nSPS) is 11.8. The van der Waals surface area contributed by atoms with Crippen molar-refractivity contribution in [3.63, 3.8) is 0 Å². The molecule has 0 radical (unpaired) electrons. The Balaban J connectivity index is 1.43. The molecule has 0 spiro atoms. The van der Waals surface area contributed by atoms with Crippen molar-refractivity contribution in [2.75, 3.05) is 5.32 Å². The number of thiocarbonyl (C=S) groups is 1. The molecule has 0 fully saturated rings. The lowest BCUT2D eigenvalue weighted by molar-refractivity contribution is 0.0977. The van der Waals surface area contributed by atoms with Gasteiger partial charge in [0.05, 0.1) is 0 Å². The molecule has 0 aliphatic rings. The molecule has 0 saturated carbocycles. The number of nitrogens with zero attached hydrogens (tertiary/aromatic N) is 1. The van der Waals surface area contributed by atoms with Gasteiger partial charge in [-0.25, -0.2) is 4.98 Å². The number of hydrogen-bond donors (Lipinski definition) is 2. The average Bonchev–Trinajstić information content (AvgIpc) is 3.22. The quantitative estimate of drug-likeness (QED) is 0.319. The van der Waals surface area contributed by atoms with Crippen molar-refractivity contribution >= 4 is 51.6 Å². The van der Waals surface area contributed by atoms with E-state index in [4.69, 9.17) is 28.2 Å². The highest BCUT2D eigenvalue weighted by Crippen LogP contribution is 2.28. The van der Waals surface area contributed by atoms with E-state index in [0.717, 1.165) is 28.8 Å². The number of carbonyl (C=O) groups is 1. The highest BCUT2D eigenvalue weighted by atomic mass is 35.5. The fourth-order valence-electron chi connectivity index (χ4n) is 3.25. The Bertz CT molecular complexity index is 1270. The Morgan fingerprint density at radius 3 is 2.50 bits per heavy atom. The maximum Gasteiger partial charge on any atom is 0.257 e. The molecule has 5 nitrogen and oxygen atoms in total. The van der Waals surface area contributed by atoms with E-state index in [0.29, 0.717) is 22.4 Å². The largest absolute Gasteiger partial charge is 0.436 e. The van der Waals surface area contributed by atoms with Gasteiger partial charge in [0.2, 0.25) is 5.89 Å². The Kier molecular flexibility index (Phi) is 6.53. The molecular weight excluding hydrogens is 442 g/mol. The van der Waals surface area contributed by atoms with Crippen molar-refractivity contribution in [2.24, 2.45) is 0 Å². The van der Waals surface area contributed by atoms with Gasteiger partial charge in [-0.05, 0) is 90.8 Å². The fraction of sp³-hybridized carbons (Fsp3) is 0.160. The summed E-state index contributed by atoms with van der Waals surface area (Å²) in [4.78, 5) is 16.9. The van der Waals surface area contributed by atoms with E-state index in [2.05, 4.69) is 41.6 Å². The van der Waals surface area contributed by atoms with Crippen LogP contribution < -0.4 is 10.6 Å². The first kappa shape index (κ1) is 22.0. The number of amides is 1. The molecule has 1 atom stereocenters. The summed E-state index contributed by atoms with van der Waals surface area (Å²) in [5.41, 5.74) is 4.94. The third-order valence-electron chi connectivity index (χ3n) is 5.32. The number of halogens is 1. The summed E-state index contributed by atoms with van der Waals surface area (Å²) >= 11 is 11.1. The highest BCUT2D eigenvalue weighted by molar-refractivity contribution is 7.80. The Morgan fingerprint density at radius 1 is 1.09 bits per heavy atom. The zero-order chi connectivity index (χ0) is 22.7. The van der Waals surface area contributed by atoms with E-state index in [1.807, 2.05) is 30.3 Å². The van der Waals surface area contributed by atoms with Gasteiger partial charge in [-0.2, -0.15) is 0 Å². The first-order valence-electron chi connectivity index (χ1n) is 10.3. The van der Waals surface area contributed by atoms with Crippen LogP contribution in [-0.2, 0) is 0 Å². The van der Waals surface area contributed by atoms with Crippen LogP contribution in [0.25, 0.3) is 22.6 Å². The molecule has 32 heavy (non-hydrogen) atoms. The van der Waals surface area contributed by atoms with Crippen LogP contribution in [-0.4, -0.2) is 16.0 Å². The Hall–Kier alpha value is -3.22. The predicted octanol–water partition coefficient (Wildman–Crippen LogP) is 6.79. The zero-order valence-corrected chi connectivity index (χ0v) is 19.3. The van der Waals surface area contributed by atoms with Crippen LogP contribution in [0.2, 0.25) is 5.02 Å². The first-order valence-corrected chi connectivity index (χ1v) is 11.1. The van der Waals surface area contributed by atoms with Crippen LogP contribution in [0, 0.1) is 0 Å². The van der Waals surface area contributed by atoms with Gasteiger partial charge in [0, 0.05) is 21.8 Å². The monoisotopic (exact) mass is 463 g/mol. The second-order valence-corrected chi connectivity index (χ2v) is 8.39. The minimum Gasteiger partial charge on any atom is -0.436 e. The number of rotatable bonds is 5. The van der Waals surface area contributed by atoms with Crippen molar-refractivity contribution in [1.82, 2.24) is 10.3 Å². The molecule has 0 aliphatic heterocycles. The molecule has 0 aliphatic carbocycles. The third kappa shape index (κ3) is 4.98. The minimum atomic E-state index is -0.306. The van der Waals surface area contributed by atoms with E-state index >= 15 is 0 Å². The highest BCUT2D eigenvalue weighted by Gasteiger charge is 2.12. The van der Waals surface area contributed by atoms with Gasteiger partial charge in [0.1, 0.15) is 5.52 Å². The van der Waals surface area contributed by atoms with Crippen molar-refractivity contribution in [3.05, 3.63) is 82.9 Å². The Labute approximate surface area is 196 Å². The molecule has 1 amide bonds. The summed E-state index contributed by atoms with van der Waals surface area (Å²) in [7, 11) is 0. The van der Waals surface area contributed by atoms with Crippen LogP contribution >= 0.6 is 23.8 Å². The molecule has 3 aromatic carbocycles. The first-order chi connectivity index (χ1) is 15.4. The van der Waals surface area contributed by atoms with Crippen LogP contribution in [0.1, 0.15) is 42.1 Å². The summed E-state index contributed by atoms with van der Waals surface area (Å²) in [6.07, 6.45) is 1.08. The molecule has 4 aromatic rings. The molecule has 0 bridgehead atoms. The maximum absolute atomic E-state index is 12.3. The van der Waals surface area contributed by atoms with E-state index in [1.54, 1.807) is 24.3 Å². The molecule has 1 heterocycles. The molecule has 0 saturated heterocycles. The summed E-state index contributed by atoms with van der Waals surface area (Å²) < 4.78 is 5.93. The average molecular weight is 464 g/mol. The predicted molar refractivity (Wildman–Crippen MR) is 133 cm³/mol. The summed E-state index contributed by atoms with van der Waals surface area (Å²) in [6, 6.07) is 20.3. The fourth-order valence-corrected chi connectivity index (χ4v) is 3.58. The van der Waals surface area contributed by atoms with E-state index in [1.165, 1.54) is 5.56 Å². The van der Waals surface area contributed by atoms with Crippen LogP contribution in [0.4, 0.5) is 5.69 Å². The van der Waals surface area contributed by atoms with Crippen molar-refractivity contribution in [2.45, 2.75) is 26.2 Å². The number of carbonyl (C=O) groups excluding carboxylic acids is 1. The van der Waals surface area contributed by atoms with Gasteiger partial charge in [0.25, 0.3) is 5.91 Å². The van der Waals surface area contributed by atoms with E-state index in [9.17, 15) is 4.79 Å². The van der Waals surface area contributed by atoms with Gasteiger partial charge in [-0.15, -0.1) is 0 Å². The number of oxazole rings is 1. The van der Waals surface area contributed by atoms with Crippen LogP contribution in [0.5, 0.6) is 0 Å². The molecule has 162 valence electrons. The SMILES string of the molecule is CCC(C)c1ccc2oc(-c3ccc(NC(=S)NC(=O)c4ccc(Cl)cc4)cc3)nc2c1. The number of aromatic nitrogens is 1. The molecule has 1 aromatic heterocycles. The summed E-state index contributed by atoms with van der Waals surface area (Å²) in [5, 5.41) is 6.44. The standard InChI is InChI=1S/C25H22ClN3O2S/c1-3-15(2)18-8-13-22-21(14-18)28-24(31-22)17-6-11-20(12-7-17)27-25(32)29-23(30)16-4-9-19(26)10-5-16/h4-15H,3H2,1-2H3,(H2,27,29,30,32). The number of benzene rings is 3. The molecular formula is C25H22ClN3O2S. The maximum atomic E-state index is 12.3. The van der Waals surface area contributed by atoms with Crippen LogP contribution in [0.3, 0.4) is 0 Å². The van der Waals surface area contributed by atoms with Gasteiger partial charge in [0.15, 0.2) is 10.7 Å². The van der Waals surface area contributed by atoms with Crippen molar-refractivity contribution in [3.8, 4) is 11.5 Å². The number of anilines is 1. The number of hydrogen-bond acceptors (Lipinski definition) is 4. The topological polar surface area (TPSA) is 67.2 Å². The van der Waals surface area contributed by atoms with E-state index < -0.39 is 0 Å². The molecule has 4 rings (SSSR count). The Morgan fingerprint density at radius 2 is 1.81 bits per heavy atom. The number of fused-ring (bicyclic) bond motifs is 1. The lowest BCUT2D eigenvalue weighted by Crippen LogP contribution is -2.34. The number of nitrogens with one attached hydrogen (secondary N) is 2. The van der Waals surface area contributed by atoms with Crippen LogP contribution in [0.15, 0.2) is 71.1 Å². The molecule has 2 N–H and O–H groups in total. The summed E-state index contributed by atoms with van der Waals surface area (Å²) in [6.45, 7) is 4.38. The van der Waals surface area contributed by atoms with Crippen molar-refractivity contribution < 1.29 is 9.21 Å². The smallest absolute Gasteiger partial charge is 0.257 e. The lowest BCUT2D eigenvalue weighted by Gasteiger charge is -2.10. The summed E-state index contributed by atoms with van der Waals surface area (Å²) in [5.74, 6) is 0.736. The van der Waals surface area contributed by atoms with Crippen molar-refractivity contribution in [1.29, 1.82) is 0 Å². The zero-order valence-electron chi connectivity index (χ0n) is 17.7. The molecule has 1 unspecified atom stereocenters. The van der Waals surface area contributed by atoms with Gasteiger partial charge >= 0.3 is 0 Å². The van der Waals surface area contributed by atoms with Gasteiger partial charge in [-0.1, -0.05) is 31.5 Å². The second-order valence-electron chi connectivity index (χ2n) is 7.55. The molecule has 7 heteroatoms. The second kappa shape index (κ2) is 9.51. The lowest BCUT2D eigenvalue weighted by atomic mass is 9.98. The van der Waals surface area contributed by atoms with E-state index in [-0.39, 0.29) is 11.0 Å². The van der Waals surface area contributed by atoms with Gasteiger partial charge in [-0.3, -0.25) is 10.1 Å². The third-order valence-corrected chi connectivity index (χ3v) is 5.77. The van der Waals surface area contributed by atoms with Gasteiger partial charge < -0.3 is 9.73 Å². The minimum absolute atomic E-state index is 0.206.